The van der Waals surface area contributed by atoms with Crippen molar-refractivity contribution in [3.63, 3.8) is 0 Å². The van der Waals surface area contributed by atoms with Crippen molar-refractivity contribution in [3.05, 3.63) is 52.8 Å². The number of pyridine rings is 1. The van der Waals surface area contributed by atoms with Crippen molar-refractivity contribution in [2.45, 2.75) is 25.8 Å². The number of nitrogens with one attached hydrogen (secondary N) is 1. The third kappa shape index (κ3) is 4.01. The summed E-state index contributed by atoms with van der Waals surface area (Å²) in [4.78, 5) is 20.4. The van der Waals surface area contributed by atoms with E-state index in [4.69, 9.17) is 4.52 Å². The highest BCUT2D eigenvalue weighted by molar-refractivity contribution is 7.08. The fourth-order valence-corrected chi connectivity index (χ4v) is 2.75. The van der Waals surface area contributed by atoms with Gasteiger partial charge >= 0.3 is 0 Å². The smallest absolute Gasteiger partial charge is 0.227 e. The van der Waals surface area contributed by atoms with Crippen molar-refractivity contribution in [1.29, 1.82) is 0 Å². The molecule has 118 valence electrons. The largest absolute Gasteiger partial charge is 0.350 e. The van der Waals surface area contributed by atoms with Gasteiger partial charge < -0.3 is 9.84 Å². The second-order valence-corrected chi connectivity index (χ2v) is 5.88. The van der Waals surface area contributed by atoms with E-state index < -0.39 is 0 Å². The summed E-state index contributed by atoms with van der Waals surface area (Å²) in [6.45, 7) is 1.93. The quantitative estimate of drug-likeness (QED) is 0.752. The molecular formula is C16H16N4O2S. The summed E-state index contributed by atoms with van der Waals surface area (Å²) in [6, 6.07) is 5.63. The van der Waals surface area contributed by atoms with Gasteiger partial charge in [0.05, 0.1) is 6.04 Å². The molecule has 0 aliphatic heterocycles. The number of aryl methyl sites for hydroxylation is 1. The van der Waals surface area contributed by atoms with Crippen molar-refractivity contribution in [1.82, 2.24) is 20.4 Å². The van der Waals surface area contributed by atoms with Crippen LogP contribution in [0, 0.1) is 0 Å². The molecule has 1 N–H and O–H groups in total. The normalized spacial score (nSPS) is 12.0. The summed E-state index contributed by atoms with van der Waals surface area (Å²) in [7, 11) is 0. The number of hydrogen-bond donors (Lipinski definition) is 1. The van der Waals surface area contributed by atoms with Gasteiger partial charge in [-0.1, -0.05) is 11.2 Å². The summed E-state index contributed by atoms with van der Waals surface area (Å²) < 4.78 is 5.18. The summed E-state index contributed by atoms with van der Waals surface area (Å²) in [5, 5.41) is 10.8. The lowest BCUT2D eigenvalue weighted by atomic mass is 10.1. The van der Waals surface area contributed by atoms with E-state index in [0.717, 1.165) is 11.1 Å². The first kappa shape index (κ1) is 15.4. The molecule has 0 spiro atoms. The molecule has 0 aliphatic rings. The lowest BCUT2D eigenvalue weighted by Crippen LogP contribution is -2.26. The van der Waals surface area contributed by atoms with E-state index >= 15 is 0 Å². The van der Waals surface area contributed by atoms with Gasteiger partial charge in [-0.05, 0) is 30.0 Å². The van der Waals surface area contributed by atoms with E-state index in [2.05, 4.69) is 20.4 Å². The fraction of sp³-hybridized carbons (Fsp3) is 0.250. The van der Waals surface area contributed by atoms with E-state index in [-0.39, 0.29) is 11.9 Å². The second-order valence-electron chi connectivity index (χ2n) is 5.10. The molecule has 3 aromatic heterocycles. The van der Waals surface area contributed by atoms with Gasteiger partial charge in [-0.25, -0.2) is 0 Å². The number of carbonyl (C=O) groups excluding carboxylic acids is 1. The summed E-state index contributed by atoms with van der Waals surface area (Å²) in [5.41, 5.74) is 1.90. The summed E-state index contributed by atoms with van der Waals surface area (Å²) in [6.07, 6.45) is 4.17. The van der Waals surface area contributed by atoms with Crippen LogP contribution in [0.3, 0.4) is 0 Å². The molecule has 0 saturated heterocycles. The molecule has 23 heavy (non-hydrogen) atoms. The van der Waals surface area contributed by atoms with Crippen LogP contribution < -0.4 is 5.32 Å². The van der Waals surface area contributed by atoms with E-state index in [1.807, 2.05) is 35.9 Å². The van der Waals surface area contributed by atoms with Gasteiger partial charge in [-0.3, -0.25) is 9.78 Å². The molecule has 7 heteroatoms. The summed E-state index contributed by atoms with van der Waals surface area (Å²) in [5.74, 6) is 0.970. The molecule has 0 aliphatic carbocycles. The average Bonchev–Trinajstić information content (AvgIpc) is 3.25. The van der Waals surface area contributed by atoms with E-state index in [9.17, 15) is 4.79 Å². The molecule has 1 atom stereocenters. The van der Waals surface area contributed by atoms with Crippen LogP contribution in [0.4, 0.5) is 0 Å². The molecule has 0 fully saturated rings. The number of rotatable bonds is 6. The Bertz CT molecular complexity index is 756. The molecule has 0 aromatic carbocycles. The van der Waals surface area contributed by atoms with E-state index in [1.54, 1.807) is 23.7 Å². The molecular weight excluding hydrogens is 312 g/mol. The fourth-order valence-electron chi connectivity index (χ4n) is 2.11. The minimum atomic E-state index is -0.0831. The number of amides is 1. The van der Waals surface area contributed by atoms with Gasteiger partial charge in [0.15, 0.2) is 0 Å². The molecule has 6 nitrogen and oxygen atoms in total. The Labute approximate surface area is 137 Å². The first-order valence-corrected chi connectivity index (χ1v) is 8.21. The molecule has 0 bridgehead atoms. The van der Waals surface area contributed by atoms with E-state index in [1.165, 1.54) is 0 Å². The van der Waals surface area contributed by atoms with Crippen LogP contribution in [-0.4, -0.2) is 21.0 Å². The third-order valence-electron chi connectivity index (χ3n) is 3.38. The topological polar surface area (TPSA) is 80.9 Å². The van der Waals surface area contributed by atoms with Crippen molar-refractivity contribution < 1.29 is 9.32 Å². The van der Waals surface area contributed by atoms with Gasteiger partial charge in [0.1, 0.15) is 0 Å². The second kappa shape index (κ2) is 7.15. The van der Waals surface area contributed by atoms with Crippen molar-refractivity contribution >= 4 is 17.2 Å². The Kier molecular flexibility index (Phi) is 4.77. The maximum Gasteiger partial charge on any atom is 0.227 e. The highest BCUT2D eigenvalue weighted by Crippen LogP contribution is 2.19. The molecule has 3 aromatic rings. The van der Waals surface area contributed by atoms with Crippen LogP contribution in [0.25, 0.3) is 11.4 Å². The first-order valence-electron chi connectivity index (χ1n) is 7.27. The van der Waals surface area contributed by atoms with E-state index in [0.29, 0.717) is 24.6 Å². The van der Waals surface area contributed by atoms with Crippen LogP contribution in [-0.2, 0) is 11.2 Å². The van der Waals surface area contributed by atoms with Gasteiger partial charge in [0.25, 0.3) is 0 Å². The van der Waals surface area contributed by atoms with Crippen LogP contribution in [0.5, 0.6) is 0 Å². The zero-order chi connectivity index (χ0) is 16.1. The molecule has 3 heterocycles. The Morgan fingerprint density at radius 3 is 3.09 bits per heavy atom. The van der Waals surface area contributed by atoms with Crippen LogP contribution in [0.1, 0.15) is 30.8 Å². The number of carbonyl (C=O) groups is 1. The highest BCUT2D eigenvalue weighted by atomic mass is 32.1. The highest BCUT2D eigenvalue weighted by Gasteiger charge is 2.13. The molecule has 0 unspecified atom stereocenters. The van der Waals surface area contributed by atoms with Gasteiger partial charge in [0.2, 0.25) is 17.6 Å². The number of nitrogens with zero attached hydrogens (tertiary/aromatic N) is 3. The SMILES string of the molecule is C[C@@H](NC(=O)CCc1nc(-c2ccsc2)no1)c1cccnc1. The standard InChI is InChI=1S/C16H16N4O2S/c1-11(12-3-2-7-17-9-12)18-14(21)4-5-15-19-16(20-22-15)13-6-8-23-10-13/h2-3,6-11H,4-5H2,1H3,(H,18,21)/t11-/m1/s1. The minimum Gasteiger partial charge on any atom is -0.350 e. The van der Waals surface area contributed by atoms with Gasteiger partial charge in [-0.2, -0.15) is 16.3 Å². The molecule has 3 rings (SSSR count). The van der Waals surface area contributed by atoms with Gasteiger partial charge in [0, 0.05) is 36.2 Å². The van der Waals surface area contributed by atoms with Crippen LogP contribution in [0.15, 0.2) is 45.9 Å². The monoisotopic (exact) mass is 328 g/mol. The van der Waals surface area contributed by atoms with Gasteiger partial charge in [-0.15, -0.1) is 0 Å². The molecule has 1 amide bonds. The minimum absolute atomic E-state index is 0.0587. The number of aromatic nitrogens is 3. The zero-order valence-electron chi connectivity index (χ0n) is 12.6. The predicted molar refractivity (Wildman–Crippen MR) is 86.7 cm³/mol. The Balaban J connectivity index is 1.51. The third-order valence-corrected chi connectivity index (χ3v) is 4.06. The van der Waals surface area contributed by atoms with Crippen molar-refractivity contribution in [3.8, 4) is 11.4 Å². The Morgan fingerprint density at radius 2 is 2.35 bits per heavy atom. The van der Waals surface area contributed by atoms with Crippen molar-refractivity contribution in [2.24, 2.45) is 0 Å². The lowest BCUT2D eigenvalue weighted by molar-refractivity contribution is -0.121. The summed E-state index contributed by atoms with van der Waals surface area (Å²) >= 11 is 1.58. The van der Waals surface area contributed by atoms with Crippen LogP contribution in [0.2, 0.25) is 0 Å². The van der Waals surface area contributed by atoms with Crippen LogP contribution >= 0.6 is 11.3 Å². The average molecular weight is 328 g/mol. The Hall–Kier alpha value is -2.54. The Morgan fingerprint density at radius 1 is 1.43 bits per heavy atom. The van der Waals surface area contributed by atoms with Crippen molar-refractivity contribution in [2.75, 3.05) is 0 Å². The maximum absolute atomic E-state index is 12.0. The predicted octanol–water partition coefficient (Wildman–Crippen LogP) is 3.00. The molecule has 0 radical (unpaired) electrons. The number of thiophene rings is 1. The number of hydrogen-bond acceptors (Lipinski definition) is 6. The lowest BCUT2D eigenvalue weighted by Gasteiger charge is -2.13. The molecule has 0 saturated carbocycles. The maximum atomic E-state index is 12.0. The first-order chi connectivity index (χ1) is 11.2. The zero-order valence-corrected chi connectivity index (χ0v) is 13.4.